The first-order valence-electron chi connectivity index (χ1n) is 8.93. The Kier molecular flexibility index (Phi) is 7.72. The Morgan fingerprint density at radius 3 is 2.34 bits per heavy atom. The zero-order valence-electron chi connectivity index (χ0n) is 16.5. The highest BCUT2D eigenvalue weighted by molar-refractivity contribution is 7.92. The van der Waals surface area contributed by atoms with Crippen molar-refractivity contribution < 1.29 is 22.3 Å². The maximum Gasteiger partial charge on any atom is 0.260 e. The lowest BCUT2D eigenvalue weighted by atomic mass is 10.2. The van der Waals surface area contributed by atoms with Crippen LogP contribution in [-0.2, 0) is 14.8 Å². The van der Waals surface area contributed by atoms with E-state index >= 15 is 0 Å². The third-order valence-electron chi connectivity index (χ3n) is 3.67. The van der Waals surface area contributed by atoms with Gasteiger partial charge in [0.25, 0.3) is 5.91 Å². The average Bonchev–Trinajstić information content (AvgIpc) is 2.65. The van der Waals surface area contributed by atoms with Crippen LogP contribution in [0.3, 0.4) is 0 Å². The lowest BCUT2D eigenvalue weighted by molar-refractivity contribution is -0.119. The lowest BCUT2D eigenvalue weighted by Crippen LogP contribution is -2.39. The fourth-order valence-electron chi connectivity index (χ4n) is 2.26. The second-order valence-electron chi connectivity index (χ2n) is 6.81. The van der Waals surface area contributed by atoms with Crippen LogP contribution in [0, 0.1) is 11.7 Å². The zero-order valence-corrected chi connectivity index (χ0v) is 17.3. The third kappa shape index (κ3) is 7.53. The van der Waals surface area contributed by atoms with Crippen LogP contribution in [-0.4, -0.2) is 39.9 Å². The number of carbonyl (C=O) groups excluding carboxylic acids is 1. The van der Waals surface area contributed by atoms with E-state index in [2.05, 4.69) is 24.4 Å². The summed E-state index contributed by atoms with van der Waals surface area (Å²) in [5, 5.41) is 3.84. The predicted molar refractivity (Wildman–Crippen MR) is 111 cm³/mol. The van der Waals surface area contributed by atoms with Crippen molar-refractivity contribution in [1.29, 1.82) is 0 Å². The molecule has 0 saturated heterocycles. The van der Waals surface area contributed by atoms with Crippen molar-refractivity contribution in [1.82, 2.24) is 5.43 Å². The molecular formula is C20H24FN3O4S. The summed E-state index contributed by atoms with van der Waals surface area (Å²) < 4.78 is 43.5. The number of ether oxygens (including phenoxy) is 1. The number of anilines is 1. The molecule has 0 unspecified atom stereocenters. The minimum Gasteiger partial charge on any atom is -0.493 e. The molecule has 2 aromatic rings. The van der Waals surface area contributed by atoms with Gasteiger partial charge in [-0.15, -0.1) is 0 Å². The van der Waals surface area contributed by atoms with E-state index in [1.54, 1.807) is 24.3 Å². The van der Waals surface area contributed by atoms with Crippen LogP contribution >= 0.6 is 0 Å². The first-order chi connectivity index (χ1) is 13.6. The van der Waals surface area contributed by atoms with Gasteiger partial charge >= 0.3 is 0 Å². The largest absolute Gasteiger partial charge is 0.493 e. The Morgan fingerprint density at radius 2 is 1.79 bits per heavy atom. The molecule has 29 heavy (non-hydrogen) atoms. The normalized spacial score (nSPS) is 11.6. The Hall–Kier alpha value is -2.94. The number of hydrogen-bond donors (Lipinski definition) is 1. The van der Waals surface area contributed by atoms with Gasteiger partial charge in [-0.1, -0.05) is 13.8 Å². The fraction of sp³-hybridized carbons (Fsp3) is 0.300. The summed E-state index contributed by atoms with van der Waals surface area (Å²) >= 11 is 0. The molecule has 0 spiro atoms. The summed E-state index contributed by atoms with van der Waals surface area (Å²) in [5.41, 5.74) is 3.21. The van der Waals surface area contributed by atoms with Gasteiger partial charge in [0, 0.05) is 0 Å². The summed E-state index contributed by atoms with van der Waals surface area (Å²) in [4.78, 5) is 12.1. The van der Waals surface area contributed by atoms with Gasteiger partial charge in [0.1, 0.15) is 18.1 Å². The van der Waals surface area contributed by atoms with Crippen molar-refractivity contribution in [3.8, 4) is 5.75 Å². The van der Waals surface area contributed by atoms with Crippen molar-refractivity contribution in [3.63, 3.8) is 0 Å². The highest BCUT2D eigenvalue weighted by Crippen LogP contribution is 2.17. The molecule has 1 amide bonds. The molecule has 0 aliphatic rings. The smallest absolute Gasteiger partial charge is 0.260 e. The maximum absolute atomic E-state index is 13.1. The van der Waals surface area contributed by atoms with Crippen LogP contribution in [0.25, 0.3) is 0 Å². The number of hydrogen-bond acceptors (Lipinski definition) is 5. The number of nitrogens with one attached hydrogen (secondary N) is 1. The van der Waals surface area contributed by atoms with Gasteiger partial charge in [-0.2, -0.15) is 5.10 Å². The van der Waals surface area contributed by atoms with Crippen LogP contribution in [0.5, 0.6) is 5.75 Å². The lowest BCUT2D eigenvalue weighted by Gasteiger charge is -2.21. The molecule has 0 aliphatic heterocycles. The Bertz CT molecular complexity index is 943. The first kappa shape index (κ1) is 22.4. The third-order valence-corrected chi connectivity index (χ3v) is 4.81. The van der Waals surface area contributed by atoms with Crippen LogP contribution in [0.4, 0.5) is 10.1 Å². The number of amides is 1. The van der Waals surface area contributed by atoms with E-state index in [0.717, 1.165) is 34.0 Å². The fourth-order valence-corrected chi connectivity index (χ4v) is 3.12. The van der Waals surface area contributed by atoms with Gasteiger partial charge in [-0.25, -0.2) is 18.2 Å². The molecule has 2 aromatic carbocycles. The number of rotatable bonds is 9. The van der Waals surface area contributed by atoms with E-state index < -0.39 is 28.3 Å². The van der Waals surface area contributed by atoms with E-state index in [4.69, 9.17) is 4.74 Å². The summed E-state index contributed by atoms with van der Waals surface area (Å²) in [7, 11) is -3.74. The van der Waals surface area contributed by atoms with Crippen LogP contribution in [0.1, 0.15) is 19.4 Å². The monoisotopic (exact) mass is 421 g/mol. The van der Waals surface area contributed by atoms with Gasteiger partial charge in [0.15, 0.2) is 0 Å². The molecule has 2 rings (SSSR count). The molecule has 0 radical (unpaired) electrons. The molecule has 9 heteroatoms. The van der Waals surface area contributed by atoms with E-state index in [-0.39, 0.29) is 5.69 Å². The number of benzene rings is 2. The van der Waals surface area contributed by atoms with E-state index in [1.807, 2.05) is 0 Å². The topological polar surface area (TPSA) is 88.1 Å². The number of halogens is 1. The summed E-state index contributed by atoms with van der Waals surface area (Å²) in [6.45, 7) is 4.26. The van der Waals surface area contributed by atoms with E-state index in [9.17, 15) is 17.6 Å². The van der Waals surface area contributed by atoms with Crippen molar-refractivity contribution in [2.24, 2.45) is 11.0 Å². The standard InChI is InChI=1S/C20H24FN3O4S/c1-15(2)14-28-19-10-4-16(5-11-19)12-22-23-20(25)13-24(29(3,26)27)18-8-6-17(21)7-9-18/h4-12,15H,13-14H2,1-3H3,(H,23,25)/b22-12+. The van der Waals surface area contributed by atoms with Crippen molar-refractivity contribution >= 4 is 27.8 Å². The van der Waals surface area contributed by atoms with Crippen LogP contribution < -0.4 is 14.5 Å². The number of hydrazone groups is 1. The minimum absolute atomic E-state index is 0.185. The molecule has 7 nitrogen and oxygen atoms in total. The quantitative estimate of drug-likeness (QED) is 0.498. The number of sulfonamides is 1. The molecule has 0 atom stereocenters. The van der Waals surface area contributed by atoms with E-state index in [1.165, 1.54) is 18.3 Å². The van der Waals surface area contributed by atoms with Gasteiger partial charge in [0.05, 0.1) is 24.8 Å². The molecule has 0 fully saturated rings. The second-order valence-corrected chi connectivity index (χ2v) is 8.72. The molecule has 1 N–H and O–H groups in total. The first-order valence-corrected chi connectivity index (χ1v) is 10.8. The average molecular weight is 421 g/mol. The molecule has 0 heterocycles. The number of nitrogens with zero attached hydrogens (tertiary/aromatic N) is 2. The molecule has 0 saturated carbocycles. The van der Waals surface area contributed by atoms with Crippen LogP contribution in [0.2, 0.25) is 0 Å². The van der Waals surface area contributed by atoms with Crippen LogP contribution in [0.15, 0.2) is 53.6 Å². The predicted octanol–water partition coefficient (Wildman–Crippen LogP) is 2.78. The summed E-state index contributed by atoms with van der Waals surface area (Å²) in [5.74, 6) is 0.0283. The number of carbonyl (C=O) groups is 1. The second kappa shape index (κ2) is 10.0. The molecule has 0 aromatic heterocycles. The Morgan fingerprint density at radius 1 is 1.17 bits per heavy atom. The molecule has 0 bridgehead atoms. The van der Waals surface area contributed by atoms with E-state index in [0.29, 0.717) is 12.5 Å². The maximum atomic E-state index is 13.1. The van der Waals surface area contributed by atoms with Crippen molar-refractivity contribution in [2.75, 3.05) is 23.7 Å². The van der Waals surface area contributed by atoms with Gasteiger partial charge in [-0.3, -0.25) is 9.10 Å². The zero-order chi connectivity index (χ0) is 21.4. The Labute approximate surface area is 170 Å². The molecule has 156 valence electrons. The van der Waals surface area contributed by atoms with Gasteiger partial charge < -0.3 is 4.74 Å². The van der Waals surface area contributed by atoms with Crippen molar-refractivity contribution in [2.45, 2.75) is 13.8 Å². The Balaban J connectivity index is 1.95. The summed E-state index contributed by atoms with van der Waals surface area (Å²) in [6, 6.07) is 12.0. The SMILES string of the molecule is CC(C)COc1ccc(/C=N/NC(=O)CN(c2ccc(F)cc2)S(C)(=O)=O)cc1. The van der Waals surface area contributed by atoms with Gasteiger partial charge in [0.2, 0.25) is 10.0 Å². The minimum atomic E-state index is -3.74. The molecular weight excluding hydrogens is 397 g/mol. The highest BCUT2D eigenvalue weighted by atomic mass is 32.2. The van der Waals surface area contributed by atoms with Crippen molar-refractivity contribution in [3.05, 3.63) is 59.9 Å². The summed E-state index contributed by atoms with van der Waals surface area (Å²) in [6.07, 6.45) is 2.41. The molecule has 0 aliphatic carbocycles. The van der Waals surface area contributed by atoms with Gasteiger partial charge in [-0.05, 0) is 60.0 Å². The highest BCUT2D eigenvalue weighted by Gasteiger charge is 2.20.